The monoisotopic (exact) mass is 264 g/mol. The van der Waals surface area contributed by atoms with Crippen molar-refractivity contribution >= 4 is 11.9 Å². The van der Waals surface area contributed by atoms with E-state index in [-0.39, 0.29) is 24.2 Å². The van der Waals surface area contributed by atoms with Crippen molar-refractivity contribution in [2.45, 2.75) is 26.8 Å². The maximum absolute atomic E-state index is 12.1. The first kappa shape index (κ1) is 15.1. The van der Waals surface area contributed by atoms with E-state index < -0.39 is 0 Å². The van der Waals surface area contributed by atoms with E-state index in [4.69, 9.17) is 0 Å². The summed E-state index contributed by atoms with van der Waals surface area (Å²) in [5.74, 6) is -0.418. The minimum absolute atomic E-state index is 0.00885. The zero-order valence-electron chi connectivity index (χ0n) is 11.6. The van der Waals surface area contributed by atoms with Gasteiger partial charge in [0.25, 0.3) is 0 Å². The Kier molecular flexibility index (Phi) is 5.99. The number of ether oxygens (including phenoxy) is 1. The molecular weight excluding hydrogens is 244 g/mol. The van der Waals surface area contributed by atoms with Crippen LogP contribution in [0.25, 0.3) is 0 Å². The van der Waals surface area contributed by atoms with Crippen molar-refractivity contribution < 1.29 is 14.3 Å². The largest absolute Gasteiger partial charge is 0.469 e. The molecule has 1 rings (SSSR count). The van der Waals surface area contributed by atoms with Gasteiger partial charge in [-0.3, -0.25) is 14.6 Å². The van der Waals surface area contributed by atoms with Crippen LogP contribution in [0.3, 0.4) is 0 Å². The van der Waals surface area contributed by atoms with Gasteiger partial charge in [-0.15, -0.1) is 0 Å². The summed E-state index contributed by atoms with van der Waals surface area (Å²) in [6.45, 7) is 4.44. The lowest BCUT2D eigenvalue weighted by atomic mass is 10.1. The van der Waals surface area contributed by atoms with Gasteiger partial charge in [0.2, 0.25) is 5.91 Å². The molecule has 104 valence electrons. The number of aromatic nitrogens is 1. The first-order valence-corrected chi connectivity index (χ1v) is 6.30. The van der Waals surface area contributed by atoms with Crippen molar-refractivity contribution in [3.63, 3.8) is 0 Å². The molecule has 0 aliphatic heterocycles. The van der Waals surface area contributed by atoms with Gasteiger partial charge >= 0.3 is 5.97 Å². The van der Waals surface area contributed by atoms with Crippen molar-refractivity contribution in [1.82, 2.24) is 9.88 Å². The number of carbonyl (C=O) groups is 2. The van der Waals surface area contributed by atoms with Crippen LogP contribution < -0.4 is 0 Å². The van der Waals surface area contributed by atoms with E-state index in [1.54, 1.807) is 11.1 Å². The molecule has 0 saturated heterocycles. The predicted molar refractivity (Wildman–Crippen MR) is 71.1 cm³/mol. The van der Waals surface area contributed by atoms with Crippen LogP contribution in [0, 0.1) is 5.92 Å². The zero-order valence-corrected chi connectivity index (χ0v) is 11.6. The minimum Gasteiger partial charge on any atom is -0.469 e. The molecule has 1 aromatic rings. The highest BCUT2D eigenvalue weighted by atomic mass is 16.5. The number of pyridine rings is 1. The summed E-state index contributed by atoms with van der Waals surface area (Å²) in [6, 6.07) is 5.56. The van der Waals surface area contributed by atoms with Crippen molar-refractivity contribution in [3.05, 3.63) is 30.1 Å². The topological polar surface area (TPSA) is 59.5 Å². The van der Waals surface area contributed by atoms with E-state index in [1.165, 1.54) is 7.11 Å². The first-order chi connectivity index (χ1) is 9.04. The van der Waals surface area contributed by atoms with Crippen molar-refractivity contribution in [1.29, 1.82) is 0 Å². The van der Waals surface area contributed by atoms with Gasteiger partial charge in [-0.2, -0.15) is 0 Å². The Balaban J connectivity index is 2.69. The number of rotatable bonds is 6. The second-order valence-electron chi connectivity index (χ2n) is 4.56. The van der Waals surface area contributed by atoms with Gasteiger partial charge in [-0.25, -0.2) is 0 Å². The first-order valence-electron chi connectivity index (χ1n) is 6.30. The van der Waals surface area contributed by atoms with Crippen LogP contribution in [0.4, 0.5) is 0 Å². The fourth-order valence-electron chi connectivity index (χ4n) is 1.65. The van der Waals surface area contributed by atoms with E-state index in [1.807, 2.05) is 32.0 Å². The van der Waals surface area contributed by atoms with Crippen LogP contribution in [0.15, 0.2) is 24.4 Å². The molecule has 0 radical (unpaired) electrons. The van der Waals surface area contributed by atoms with E-state index in [0.717, 1.165) is 5.69 Å². The number of hydrogen-bond donors (Lipinski definition) is 0. The summed E-state index contributed by atoms with van der Waals surface area (Å²) in [7, 11) is 1.34. The van der Waals surface area contributed by atoms with Gasteiger partial charge in [0.15, 0.2) is 0 Å². The number of carbonyl (C=O) groups excluding carboxylic acids is 2. The molecule has 0 aromatic carbocycles. The summed E-state index contributed by atoms with van der Waals surface area (Å²) in [5.41, 5.74) is 0.807. The number of methoxy groups -OCH3 is 1. The second kappa shape index (κ2) is 7.51. The lowest BCUT2D eigenvalue weighted by molar-refractivity contribution is -0.142. The van der Waals surface area contributed by atoms with Crippen molar-refractivity contribution in [2.24, 2.45) is 5.92 Å². The summed E-state index contributed by atoms with van der Waals surface area (Å²) < 4.78 is 4.60. The van der Waals surface area contributed by atoms with E-state index in [0.29, 0.717) is 13.1 Å². The zero-order chi connectivity index (χ0) is 14.3. The number of amides is 1. The molecule has 19 heavy (non-hydrogen) atoms. The van der Waals surface area contributed by atoms with Crippen LogP contribution in [-0.2, 0) is 20.9 Å². The number of nitrogens with zero attached hydrogens (tertiary/aromatic N) is 2. The Morgan fingerprint density at radius 2 is 2.11 bits per heavy atom. The molecule has 5 nitrogen and oxygen atoms in total. The van der Waals surface area contributed by atoms with E-state index in [2.05, 4.69) is 9.72 Å². The molecule has 5 heteroatoms. The molecule has 0 atom stereocenters. The Hall–Kier alpha value is -1.91. The maximum Gasteiger partial charge on any atom is 0.307 e. The van der Waals surface area contributed by atoms with E-state index >= 15 is 0 Å². The van der Waals surface area contributed by atoms with Gasteiger partial charge in [0.05, 0.1) is 25.8 Å². The SMILES string of the molecule is COC(=O)CCN(Cc1ccccn1)C(=O)C(C)C. The van der Waals surface area contributed by atoms with Crippen molar-refractivity contribution in [2.75, 3.05) is 13.7 Å². The molecule has 0 spiro atoms. The Morgan fingerprint density at radius 1 is 1.37 bits per heavy atom. The van der Waals surface area contributed by atoms with Crippen LogP contribution in [0.1, 0.15) is 26.0 Å². The molecular formula is C14H20N2O3. The molecule has 0 bridgehead atoms. The normalized spacial score (nSPS) is 10.3. The standard InChI is InChI=1S/C14H20N2O3/c1-11(2)14(18)16(9-7-13(17)19-3)10-12-6-4-5-8-15-12/h4-6,8,11H,7,9-10H2,1-3H3. The van der Waals surface area contributed by atoms with Gasteiger partial charge in [-0.1, -0.05) is 19.9 Å². The average Bonchev–Trinajstić information content (AvgIpc) is 2.43. The van der Waals surface area contributed by atoms with E-state index in [9.17, 15) is 9.59 Å². The Bertz CT molecular complexity index is 418. The quantitative estimate of drug-likeness (QED) is 0.733. The van der Waals surface area contributed by atoms with Gasteiger partial charge in [0, 0.05) is 18.7 Å². The Labute approximate surface area is 113 Å². The fourth-order valence-corrected chi connectivity index (χ4v) is 1.65. The molecule has 0 N–H and O–H groups in total. The number of esters is 1. The van der Waals surface area contributed by atoms with Crippen LogP contribution in [-0.4, -0.2) is 35.4 Å². The third-order valence-electron chi connectivity index (χ3n) is 2.70. The molecule has 0 saturated carbocycles. The second-order valence-corrected chi connectivity index (χ2v) is 4.56. The molecule has 0 fully saturated rings. The highest BCUT2D eigenvalue weighted by Gasteiger charge is 2.18. The van der Waals surface area contributed by atoms with Crippen molar-refractivity contribution in [3.8, 4) is 0 Å². The lowest BCUT2D eigenvalue weighted by Gasteiger charge is -2.23. The predicted octanol–water partition coefficient (Wildman–Crippen LogP) is 1.63. The summed E-state index contributed by atoms with van der Waals surface area (Å²) in [4.78, 5) is 29.1. The van der Waals surface area contributed by atoms with Gasteiger partial charge < -0.3 is 9.64 Å². The number of hydrogen-bond acceptors (Lipinski definition) is 4. The fraction of sp³-hybridized carbons (Fsp3) is 0.500. The third-order valence-corrected chi connectivity index (χ3v) is 2.70. The Morgan fingerprint density at radius 3 is 2.63 bits per heavy atom. The minimum atomic E-state index is -0.317. The maximum atomic E-state index is 12.1. The highest BCUT2D eigenvalue weighted by Crippen LogP contribution is 2.08. The lowest BCUT2D eigenvalue weighted by Crippen LogP contribution is -2.35. The molecule has 1 amide bonds. The average molecular weight is 264 g/mol. The smallest absolute Gasteiger partial charge is 0.307 e. The van der Waals surface area contributed by atoms with Crippen LogP contribution >= 0.6 is 0 Å². The highest BCUT2D eigenvalue weighted by molar-refractivity contribution is 5.79. The van der Waals surface area contributed by atoms with Crippen LogP contribution in [0.5, 0.6) is 0 Å². The van der Waals surface area contributed by atoms with Gasteiger partial charge in [0.1, 0.15) is 0 Å². The van der Waals surface area contributed by atoms with Crippen LogP contribution in [0.2, 0.25) is 0 Å². The molecule has 1 aromatic heterocycles. The summed E-state index contributed by atoms with van der Waals surface area (Å²) in [6.07, 6.45) is 1.88. The molecule has 1 heterocycles. The molecule has 0 unspecified atom stereocenters. The van der Waals surface area contributed by atoms with Gasteiger partial charge in [-0.05, 0) is 12.1 Å². The molecule has 0 aliphatic carbocycles. The summed E-state index contributed by atoms with van der Waals surface area (Å²) >= 11 is 0. The summed E-state index contributed by atoms with van der Waals surface area (Å²) in [5, 5.41) is 0. The third kappa shape index (κ3) is 5.07. The molecule has 0 aliphatic rings.